The van der Waals surface area contributed by atoms with Gasteiger partial charge in [0, 0.05) is 6.54 Å². The summed E-state index contributed by atoms with van der Waals surface area (Å²) in [5.74, 6) is 5.45. The lowest BCUT2D eigenvalue weighted by Crippen LogP contribution is -2.31. The molecule has 1 saturated carbocycles. The topological polar surface area (TPSA) is 92.9 Å². The Morgan fingerprint density at radius 3 is 2.72 bits per heavy atom. The normalized spacial score (nSPS) is 16.1. The second-order valence-corrected chi connectivity index (χ2v) is 4.86. The molecule has 1 heterocycles. The van der Waals surface area contributed by atoms with Gasteiger partial charge in [-0.05, 0) is 24.7 Å². The van der Waals surface area contributed by atoms with Crippen LogP contribution in [-0.4, -0.2) is 22.4 Å². The van der Waals surface area contributed by atoms with Gasteiger partial charge in [0.05, 0.1) is 12.4 Å². The zero-order valence-electron chi connectivity index (χ0n) is 10.6. The zero-order valence-corrected chi connectivity index (χ0v) is 10.6. The van der Waals surface area contributed by atoms with Crippen molar-refractivity contribution in [2.45, 2.75) is 32.6 Å². The molecule has 0 unspecified atom stereocenters. The van der Waals surface area contributed by atoms with Gasteiger partial charge in [0.1, 0.15) is 5.69 Å². The van der Waals surface area contributed by atoms with E-state index in [9.17, 15) is 4.79 Å². The van der Waals surface area contributed by atoms with Crippen LogP contribution in [0.3, 0.4) is 0 Å². The van der Waals surface area contributed by atoms with Gasteiger partial charge in [-0.2, -0.15) is 0 Å². The molecule has 0 aliphatic heterocycles. The molecular weight excluding hydrogens is 230 g/mol. The van der Waals surface area contributed by atoms with Crippen LogP contribution >= 0.6 is 0 Å². The Kier molecular flexibility index (Phi) is 3.76. The number of nitrogens with zero attached hydrogens (tertiary/aromatic N) is 2. The highest BCUT2D eigenvalue weighted by Crippen LogP contribution is 2.48. The van der Waals surface area contributed by atoms with Gasteiger partial charge in [0.2, 0.25) is 0 Å². The molecule has 1 amide bonds. The molecule has 1 aliphatic carbocycles. The first kappa shape index (κ1) is 12.8. The van der Waals surface area contributed by atoms with Gasteiger partial charge in [0.25, 0.3) is 5.91 Å². The summed E-state index contributed by atoms with van der Waals surface area (Å²) in [6.45, 7) is 2.91. The number of carbonyl (C=O) groups excluding carboxylic acids is 1. The van der Waals surface area contributed by atoms with Gasteiger partial charge in [-0.15, -0.1) is 0 Å². The molecular formula is C12H19N5O. The van der Waals surface area contributed by atoms with Gasteiger partial charge in [-0.25, -0.2) is 15.8 Å². The van der Waals surface area contributed by atoms with Crippen LogP contribution < -0.4 is 16.6 Å². The number of hydrogen-bond donors (Lipinski definition) is 3. The molecule has 1 aliphatic rings. The highest BCUT2D eigenvalue weighted by molar-refractivity contribution is 5.92. The SMILES string of the molecule is CCCC1(CNC(=O)c2cnc(NN)cn2)CC1. The third-order valence-electron chi connectivity index (χ3n) is 3.39. The van der Waals surface area contributed by atoms with Crippen LogP contribution in [0, 0.1) is 5.41 Å². The molecule has 1 aromatic heterocycles. The van der Waals surface area contributed by atoms with Crippen molar-refractivity contribution in [3.8, 4) is 0 Å². The van der Waals surface area contributed by atoms with Crippen molar-refractivity contribution in [3.05, 3.63) is 18.1 Å². The molecule has 6 heteroatoms. The number of aromatic nitrogens is 2. The number of rotatable bonds is 6. The van der Waals surface area contributed by atoms with Crippen LogP contribution in [0.4, 0.5) is 5.82 Å². The largest absolute Gasteiger partial charge is 0.350 e. The summed E-state index contributed by atoms with van der Waals surface area (Å²) >= 11 is 0. The summed E-state index contributed by atoms with van der Waals surface area (Å²) in [7, 11) is 0. The zero-order chi connectivity index (χ0) is 13.0. The molecule has 98 valence electrons. The molecule has 0 atom stereocenters. The molecule has 0 spiro atoms. The average Bonchev–Trinajstić information content (AvgIpc) is 3.17. The van der Waals surface area contributed by atoms with Crippen LogP contribution in [0.15, 0.2) is 12.4 Å². The van der Waals surface area contributed by atoms with E-state index in [1.807, 2.05) is 0 Å². The minimum absolute atomic E-state index is 0.173. The number of hydrazine groups is 1. The maximum absolute atomic E-state index is 11.9. The van der Waals surface area contributed by atoms with Crippen LogP contribution in [-0.2, 0) is 0 Å². The van der Waals surface area contributed by atoms with E-state index in [0.29, 0.717) is 16.9 Å². The molecule has 1 fully saturated rings. The number of nitrogens with two attached hydrogens (primary N) is 1. The second-order valence-electron chi connectivity index (χ2n) is 4.86. The molecule has 0 saturated heterocycles. The Morgan fingerprint density at radius 1 is 1.44 bits per heavy atom. The Bertz CT molecular complexity index is 413. The van der Waals surface area contributed by atoms with Crippen LogP contribution in [0.2, 0.25) is 0 Å². The van der Waals surface area contributed by atoms with E-state index >= 15 is 0 Å². The maximum atomic E-state index is 11.9. The van der Waals surface area contributed by atoms with Crippen molar-refractivity contribution in [1.29, 1.82) is 0 Å². The Labute approximate surface area is 106 Å². The standard InChI is InChI=1S/C12H19N5O/c1-2-3-12(4-5-12)8-16-11(18)9-6-15-10(17-13)7-14-9/h6-7H,2-5,8,13H2,1H3,(H,15,17)(H,16,18). The van der Waals surface area contributed by atoms with Gasteiger partial charge in [0.15, 0.2) is 5.82 Å². The van der Waals surface area contributed by atoms with E-state index in [2.05, 4.69) is 27.6 Å². The third-order valence-corrected chi connectivity index (χ3v) is 3.39. The van der Waals surface area contributed by atoms with Crippen molar-refractivity contribution in [1.82, 2.24) is 15.3 Å². The lowest BCUT2D eigenvalue weighted by atomic mass is 10.0. The monoisotopic (exact) mass is 249 g/mol. The van der Waals surface area contributed by atoms with Crippen molar-refractivity contribution < 1.29 is 4.79 Å². The highest BCUT2D eigenvalue weighted by atomic mass is 16.1. The van der Waals surface area contributed by atoms with Crippen molar-refractivity contribution in [2.24, 2.45) is 11.3 Å². The molecule has 1 aromatic rings. The molecule has 2 rings (SSSR count). The fourth-order valence-electron chi connectivity index (χ4n) is 2.10. The molecule has 0 aromatic carbocycles. The summed E-state index contributed by atoms with van der Waals surface area (Å²) in [5.41, 5.74) is 3.04. The fourth-order valence-corrected chi connectivity index (χ4v) is 2.10. The second kappa shape index (κ2) is 5.30. The Morgan fingerprint density at radius 2 is 2.22 bits per heavy atom. The molecule has 0 bridgehead atoms. The quantitative estimate of drug-likeness (QED) is 0.518. The molecule has 18 heavy (non-hydrogen) atoms. The number of anilines is 1. The first-order valence-corrected chi connectivity index (χ1v) is 6.26. The smallest absolute Gasteiger partial charge is 0.271 e. The van der Waals surface area contributed by atoms with Gasteiger partial charge >= 0.3 is 0 Å². The van der Waals surface area contributed by atoms with Crippen LogP contribution in [0.25, 0.3) is 0 Å². The van der Waals surface area contributed by atoms with Crippen molar-refractivity contribution >= 4 is 11.7 Å². The number of amides is 1. The molecule has 4 N–H and O–H groups in total. The maximum Gasteiger partial charge on any atom is 0.271 e. The first-order valence-electron chi connectivity index (χ1n) is 6.26. The van der Waals surface area contributed by atoms with E-state index in [1.165, 1.54) is 31.7 Å². The summed E-state index contributed by atoms with van der Waals surface area (Å²) in [6.07, 6.45) is 7.62. The third kappa shape index (κ3) is 2.95. The lowest BCUT2D eigenvalue weighted by Gasteiger charge is -2.14. The molecule has 6 nitrogen and oxygen atoms in total. The van der Waals surface area contributed by atoms with Crippen LogP contribution in [0.1, 0.15) is 43.1 Å². The van der Waals surface area contributed by atoms with E-state index < -0.39 is 0 Å². The first-order chi connectivity index (χ1) is 8.69. The number of carbonyl (C=O) groups is 1. The minimum Gasteiger partial charge on any atom is -0.350 e. The summed E-state index contributed by atoms with van der Waals surface area (Å²) in [5, 5.41) is 2.93. The number of nitrogen functional groups attached to an aromatic ring is 1. The van der Waals surface area contributed by atoms with Crippen LogP contribution in [0.5, 0.6) is 0 Å². The number of hydrogen-bond acceptors (Lipinski definition) is 5. The highest BCUT2D eigenvalue weighted by Gasteiger charge is 2.41. The lowest BCUT2D eigenvalue weighted by molar-refractivity contribution is 0.0938. The van der Waals surface area contributed by atoms with Gasteiger partial charge in [-0.3, -0.25) is 4.79 Å². The predicted molar refractivity (Wildman–Crippen MR) is 68.8 cm³/mol. The van der Waals surface area contributed by atoms with E-state index in [0.717, 1.165) is 13.0 Å². The Hall–Kier alpha value is -1.69. The van der Waals surface area contributed by atoms with Crippen molar-refractivity contribution in [3.63, 3.8) is 0 Å². The van der Waals surface area contributed by atoms with Gasteiger partial charge < -0.3 is 10.7 Å². The molecule has 0 radical (unpaired) electrons. The number of nitrogens with one attached hydrogen (secondary N) is 2. The van der Waals surface area contributed by atoms with E-state index in [-0.39, 0.29) is 5.91 Å². The van der Waals surface area contributed by atoms with E-state index in [1.54, 1.807) is 0 Å². The summed E-state index contributed by atoms with van der Waals surface area (Å²) < 4.78 is 0. The Balaban J connectivity index is 1.87. The average molecular weight is 249 g/mol. The van der Waals surface area contributed by atoms with Crippen molar-refractivity contribution in [2.75, 3.05) is 12.0 Å². The fraction of sp³-hybridized carbons (Fsp3) is 0.583. The summed E-state index contributed by atoms with van der Waals surface area (Å²) in [6, 6.07) is 0. The predicted octanol–water partition coefficient (Wildman–Crippen LogP) is 1.07. The van der Waals surface area contributed by atoms with E-state index in [4.69, 9.17) is 5.84 Å². The van der Waals surface area contributed by atoms with Gasteiger partial charge in [-0.1, -0.05) is 13.3 Å². The minimum atomic E-state index is -0.173. The summed E-state index contributed by atoms with van der Waals surface area (Å²) in [4.78, 5) is 19.8.